The summed E-state index contributed by atoms with van der Waals surface area (Å²) >= 11 is 0. The Labute approximate surface area is 358 Å². The topological polar surface area (TPSA) is 51.2 Å². The zero-order chi connectivity index (χ0) is 41.8. The van der Waals surface area contributed by atoms with Gasteiger partial charge < -0.3 is 9.52 Å². The maximum Gasteiger partial charge on any atom is 0.136 e. The summed E-state index contributed by atoms with van der Waals surface area (Å²) in [5.74, 6) is -0.0424. The Morgan fingerprint density at radius 3 is 1.77 bits per heavy atom. The van der Waals surface area contributed by atoms with Crippen LogP contribution in [0.5, 0.6) is 0 Å². The molecule has 0 aliphatic heterocycles. The first-order valence-electron chi connectivity index (χ1n) is 19.1. The van der Waals surface area contributed by atoms with Gasteiger partial charge in [0.05, 0.1) is 45.8 Å². The van der Waals surface area contributed by atoms with Crippen LogP contribution in [0, 0.1) is 0 Å². The Morgan fingerprint density at radius 1 is 0.500 bits per heavy atom. The van der Waals surface area contributed by atoms with E-state index in [1.54, 1.807) is 4.57 Å². The number of hydrogen-bond donors (Lipinski definition) is 1. The first-order chi connectivity index (χ1) is 28.8. The Balaban J connectivity index is 1.38. The second-order valence-corrected chi connectivity index (χ2v) is 15.3. The zero-order valence-corrected chi connectivity index (χ0v) is 32.1. The van der Waals surface area contributed by atoms with E-state index in [1.165, 1.54) is 0 Å². The van der Waals surface area contributed by atoms with Crippen molar-refractivity contribution >= 4 is 152 Å². The van der Waals surface area contributed by atoms with Crippen LogP contribution < -0.4 is 27.3 Å². The molecule has 0 saturated heterocycles. The van der Waals surface area contributed by atoms with Gasteiger partial charge in [0, 0.05) is 16.3 Å². The van der Waals surface area contributed by atoms with Gasteiger partial charge in [0.15, 0.2) is 0 Å². The van der Waals surface area contributed by atoms with Gasteiger partial charge in [-0.3, -0.25) is 4.57 Å². The lowest BCUT2D eigenvalue weighted by atomic mass is 9.32. The monoisotopic (exact) mass is 746 g/mol. The lowest BCUT2D eigenvalue weighted by molar-refractivity contribution is 0.118. The summed E-state index contributed by atoms with van der Waals surface area (Å²) in [6, 6.07) is 43.6. The number of aliphatic hydroxyl groups is 1. The average molecular weight is 745 g/mol. The molecule has 13 heteroatoms. The highest BCUT2D eigenvalue weighted by atomic mass is 16.3. The van der Waals surface area contributed by atoms with Crippen LogP contribution in [0.1, 0.15) is 5.82 Å². The molecule has 8 aromatic carbocycles. The minimum absolute atomic E-state index is 0.0424. The first-order valence-corrected chi connectivity index (χ1v) is 19.1. The molecule has 1 N–H and O–H groups in total. The van der Waals surface area contributed by atoms with Crippen LogP contribution in [0.25, 0.3) is 93.6 Å². The number of furan rings is 1. The normalized spacial score (nSPS) is 13.2. The van der Waals surface area contributed by atoms with Crippen LogP contribution in [0.15, 0.2) is 138 Å². The fourth-order valence-corrected chi connectivity index (χ4v) is 8.66. The van der Waals surface area contributed by atoms with E-state index < -0.39 is 10.6 Å². The van der Waals surface area contributed by atoms with Gasteiger partial charge in [0.2, 0.25) is 0 Å². The van der Waals surface area contributed by atoms with Crippen molar-refractivity contribution < 1.29 is 9.52 Å². The van der Waals surface area contributed by atoms with E-state index in [0.29, 0.717) is 27.8 Å². The highest BCUT2D eigenvalue weighted by molar-refractivity contribution is 6.68. The molecule has 60 heavy (non-hydrogen) atoms. The molecule has 0 bridgehead atoms. The van der Waals surface area contributed by atoms with Crippen LogP contribution in [-0.4, -0.2) is 85.3 Å². The number of hydrogen-bond acceptors (Lipinski definition) is 3. The van der Waals surface area contributed by atoms with Gasteiger partial charge in [0.1, 0.15) is 64.1 Å². The number of aromatic nitrogens is 2. The minimum Gasteiger partial charge on any atom is -0.456 e. The van der Waals surface area contributed by atoms with Crippen LogP contribution in [0.3, 0.4) is 0 Å². The summed E-state index contributed by atoms with van der Waals surface area (Å²) < 4.78 is 8.17. The van der Waals surface area contributed by atoms with Crippen molar-refractivity contribution in [3.8, 4) is 39.1 Å². The van der Waals surface area contributed by atoms with E-state index in [0.717, 1.165) is 65.7 Å². The van der Waals surface area contributed by atoms with Gasteiger partial charge in [-0.25, -0.2) is 4.98 Å². The van der Waals surface area contributed by atoms with Crippen molar-refractivity contribution in [2.24, 2.45) is 0 Å². The Bertz CT molecular complexity index is 3390. The molecule has 2 aromatic heterocycles. The van der Waals surface area contributed by atoms with E-state index in [4.69, 9.17) is 80.0 Å². The summed E-state index contributed by atoms with van der Waals surface area (Å²) in [7, 11) is 57.4. The Morgan fingerprint density at radius 2 is 1.05 bits per heavy atom. The lowest BCUT2D eigenvalue weighted by Crippen LogP contribution is -2.55. The van der Waals surface area contributed by atoms with E-state index in [2.05, 4.69) is 30.3 Å². The lowest BCUT2D eigenvalue weighted by Gasteiger charge is -2.39. The molecule has 0 aliphatic rings. The summed E-state index contributed by atoms with van der Waals surface area (Å²) in [6.07, 6.45) is 0. The Kier molecular flexibility index (Phi) is 8.83. The maximum absolute atomic E-state index is 11.8. The van der Waals surface area contributed by atoms with E-state index in [9.17, 15) is 5.11 Å². The van der Waals surface area contributed by atoms with Crippen LogP contribution in [0.4, 0.5) is 0 Å². The van der Waals surface area contributed by atoms with Crippen molar-refractivity contribution in [2.75, 3.05) is 0 Å². The third-order valence-corrected chi connectivity index (χ3v) is 11.7. The fraction of sp³-hybridized carbons (Fsp3) is 0.0426. The Hall–Kier alpha value is -5.91. The largest absolute Gasteiger partial charge is 0.456 e. The SMILES string of the molecule is [B]c1c([B])c([B])c(-c2ccc3c(-c4ccccc4-n4c(C([B])(O)C([B])([B])[B])nc5ccccc54)c4ccccc4c(-c4cccc5oc6ccccc6c45)c3c2)c([B])c1[B]. The number of para-hydroxylation sites is 4. The molecule has 0 amide bonds. The summed E-state index contributed by atoms with van der Waals surface area (Å²) in [5, 5.41) is 15.1. The van der Waals surface area contributed by atoms with E-state index in [1.807, 2.05) is 103 Å². The standard InChI is InChI=1S/C47H23B9N2O2/c48-40-36(41(49)43(51)44(52)42(40)50)23-20-21-26-30(22-23)38(29-14-9-19-35-39(29)28-13-4-8-18-34(28)60-35)25-11-2-1-10-24(25)37(26)27-12-3-6-16-32(27)58-33-17-7-5-15-31(33)57-45(58)46(53,59)47(54,55)56/h1-22,59H. The number of benzene rings is 8. The summed E-state index contributed by atoms with van der Waals surface area (Å²) in [6.45, 7) is 0. The second-order valence-electron chi connectivity index (χ2n) is 15.3. The summed E-state index contributed by atoms with van der Waals surface area (Å²) in [4.78, 5) is 4.76. The molecule has 4 nitrogen and oxygen atoms in total. The van der Waals surface area contributed by atoms with Crippen LogP contribution in [-0.2, 0) is 5.50 Å². The van der Waals surface area contributed by atoms with E-state index in [-0.39, 0.29) is 33.1 Å². The predicted octanol–water partition coefficient (Wildman–Crippen LogP) is 4.09. The molecule has 1 atom stereocenters. The molecule has 0 spiro atoms. The molecule has 0 aliphatic carbocycles. The van der Waals surface area contributed by atoms with Crippen molar-refractivity contribution in [3.63, 3.8) is 0 Å². The smallest absolute Gasteiger partial charge is 0.136 e. The third kappa shape index (κ3) is 5.58. The molecule has 10 rings (SSSR count). The van der Waals surface area contributed by atoms with Gasteiger partial charge >= 0.3 is 0 Å². The molecular formula is C47H23B9N2O2. The van der Waals surface area contributed by atoms with Crippen molar-refractivity contribution in [1.29, 1.82) is 0 Å². The number of rotatable bonds is 6. The third-order valence-electron chi connectivity index (χ3n) is 11.7. The minimum atomic E-state index is -2.48. The molecule has 0 saturated carbocycles. The zero-order valence-electron chi connectivity index (χ0n) is 32.1. The molecule has 1 unspecified atom stereocenters. The predicted molar refractivity (Wildman–Crippen MR) is 256 cm³/mol. The molecule has 18 radical (unpaired) electrons. The summed E-state index contributed by atoms with van der Waals surface area (Å²) in [5.41, 5.74) is 6.43. The van der Waals surface area contributed by atoms with Gasteiger partial charge in [-0.15, -0.1) is 21.5 Å². The number of imidazole rings is 1. The molecule has 0 fully saturated rings. The second kappa shape index (κ2) is 13.8. The molecule has 260 valence electrons. The quantitative estimate of drug-likeness (QED) is 0.206. The van der Waals surface area contributed by atoms with Crippen LogP contribution >= 0.6 is 0 Å². The average Bonchev–Trinajstić information content (AvgIpc) is 3.83. The van der Waals surface area contributed by atoms with Crippen LogP contribution in [0.2, 0.25) is 5.11 Å². The molecule has 2 heterocycles. The van der Waals surface area contributed by atoms with Crippen molar-refractivity contribution in [1.82, 2.24) is 9.55 Å². The maximum atomic E-state index is 11.8. The van der Waals surface area contributed by atoms with Gasteiger partial charge in [-0.05, 0) is 85.8 Å². The van der Waals surface area contributed by atoms with Crippen molar-refractivity contribution in [3.05, 3.63) is 139 Å². The fourth-order valence-electron chi connectivity index (χ4n) is 8.66. The van der Waals surface area contributed by atoms with Gasteiger partial charge in [-0.2, -0.15) is 0 Å². The number of nitrogens with zero attached hydrogens (tertiary/aromatic N) is 2. The number of fused-ring (bicyclic) bond motifs is 6. The van der Waals surface area contributed by atoms with Gasteiger partial charge in [-0.1, -0.05) is 108 Å². The first kappa shape index (κ1) is 38.3. The van der Waals surface area contributed by atoms with Gasteiger partial charge in [0.25, 0.3) is 0 Å². The highest BCUT2D eigenvalue weighted by Gasteiger charge is 2.40. The van der Waals surface area contributed by atoms with Crippen molar-refractivity contribution in [2.45, 2.75) is 10.6 Å². The highest BCUT2D eigenvalue weighted by Crippen LogP contribution is 2.49. The molecule has 10 aromatic rings. The van der Waals surface area contributed by atoms with E-state index >= 15 is 0 Å². The molecular weight excluding hydrogens is 722 g/mol.